The number of hydrogen-bond donors (Lipinski definition) is 1. The van der Waals surface area contributed by atoms with Crippen LogP contribution >= 0.6 is 0 Å². The minimum Gasteiger partial charge on any atom is -0.353 e. The van der Waals surface area contributed by atoms with E-state index in [1.54, 1.807) is 0 Å². The molecule has 2 unspecified atom stereocenters. The SMILES string of the molecule is c1cn2nccc2c(N2CCC3CCC(C2)N3)n1. The highest BCUT2D eigenvalue weighted by molar-refractivity contribution is 5.68. The van der Waals surface area contributed by atoms with Gasteiger partial charge in [-0.25, -0.2) is 9.50 Å². The monoisotopic (exact) mass is 243 g/mol. The molecule has 0 aliphatic carbocycles. The summed E-state index contributed by atoms with van der Waals surface area (Å²) in [6.07, 6.45) is 9.43. The molecule has 2 aliphatic heterocycles. The predicted molar refractivity (Wildman–Crippen MR) is 69.8 cm³/mol. The van der Waals surface area contributed by atoms with Gasteiger partial charge in [-0.1, -0.05) is 0 Å². The van der Waals surface area contributed by atoms with E-state index in [4.69, 9.17) is 0 Å². The first-order valence-electron chi connectivity index (χ1n) is 6.69. The lowest BCUT2D eigenvalue weighted by Gasteiger charge is -2.25. The zero-order chi connectivity index (χ0) is 11.9. The Balaban J connectivity index is 1.71. The molecule has 2 aromatic rings. The van der Waals surface area contributed by atoms with Crippen LogP contribution in [0.5, 0.6) is 0 Å². The largest absolute Gasteiger partial charge is 0.353 e. The van der Waals surface area contributed by atoms with Crippen LogP contribution in [0.25, 0.3) is 5.52 Å². The lowest BCUT2D eigenvalue weighted by Crippen LogP contribution is -2.35. The summed E-state index contributed by atoms with van der Waals surface area (Å²) in [7, 11) is 0. The molecule has 2 atom stereocenters. The van der Waals surface area contributed by atoms with E-state index >= 15 is 0 Å². The van der Waals surface area contributed by atoms with Gasteiger partial charge >= 0.3 is 0 Å². The number of hydrogen-bond acceptors (Lipinski definition) is 4. The molecule has 94 valence electrons. The van der Waals surface area contributed by atoms with Crippen molar-refractivity contribution in [1.29, 1.82) is 0 Å². The highest BCUT2D eigenvalue weighted by Crippen LogP contribution is 2.25. The van der Waals surface area contributed by atoms with Crippen molar-refractivity contribution in [1.82, 2.24) is 19.9 Å². The number of aromatic nitrogens is 3. The molecule has 5 heteroatoms. The summed E-state index contributed by atoms with van der Waals surface area (Å²) in [5, 5.41) is 7.98. The molecule has 0 radical (unpaired) electrons. The Morgan fingerprint density at radius 2 is 2.11 bits per heavy atom. The van der Waals surface area contributed by atoms with Gasteiger partial charge in [-0.15, -0.1) is 0 Å². The third-order valence-corrected chi connectivity index (χ3v) is 4.13. The molecular weight excluding hydrogens is 226 g/mol. The van der Waals surface area contributed by atoms with E-state index in [2.05, 4.69) is 20.3 Å². The van der Waals surface area contributed by atoms with Crippen LogP contribution in [-0.4, -0.2) is 39.8 Å². The van der Waals surface area contributed by atoms with Crippen molar-refractivity contribution in [2.45, 2.75) is 31.3 Å². The van der Waals surface area contributed by atoms with Crippen molar-refractivity contribution in [3.05, 3.63) is 24.7 Å². The second kappa shape index (κ2) is 3.95. The Kier molecular flexibility index (Phi) is 2.26. The standard InChI is InChI=1S/C13H17N5/c1-2-11-9-17(7-4-10(1)16-11)13-12-3-5-15-18(12)8-6-14-13/h3,5-6,8,10-11,16H,1-2,4,7,9H2. The first-order chi connectivity index (χ1) is 8.90. The molecule has 0 spiro atoms. The number of rotatable bonds is 1. The number of anilines is 1. The highest BCUT2D eigenvalue weighted by atomic mass is 15.3. The molecule has 5 nitrogen and oxygen atoms in total. The van der Waals surface area contributed by atoms with Gasteiger partial charge in [0.15, 0.2) is 5.82 Å². The molecule has 2 aliphatic rings. The van der Waals surface area contributed by atoms with Crippen LogP contribution in [0.3, 0.4) is 0 Å². The normalized spacial score (nSPS) is 27.7. The average Bonchev–Trinajstić information content (AvgIpc) is 2.95. The van der Waals surface area contributed by atoms with Gasteiger partial charge in [-0.05, 0) is 25.3 Å². The molecule has 2 saturated heterocycles. The number of nitrogens with zero attached hydrogens (tertiary/aromatic N) is 4. The highest BCUT2D eigenvalue weighted by Gasteiger charge is 2.30. The van der Waals surface area contributed by atoms with Crippen LogP contribution in [0, 0.1) is 0 Å². The molecule has 0 amide bonds. The van der Waals surface area contributed by atoms with Gasteiger partial charge in [0.1, 0.15) is 5.52 Å². The van der Waals surface area contributed by atoms with Gasteiger partial charge in [0.25, 0.3) is 0 Å². The molecule has 4 heterocycles. The average molecular weight is 243 g/mol. The van der Waals surface area contributed by atoms with Crippen molar-refractivity contribution in [3.63, 3.8) is 0 Å². The lowest BCUT2D eigenvalue weighted by molar-refractivity contribution is 0.563. The third-order valence-electron chi connectivity index (χ3n) is 4.13. The number of nitrogens with one attached hydrogen (secondary N) is 1. The van der Waals surface area contributed by atoms with Crippen molar-refractivity contribution in [2.75, 3.05) is 18.0 Å². The van der Waals surface area contributed by atoms with Crippen molar-refractivity contribution < 1.29 is 0 Å². The summed E-state index contributed by atoms with van der Waals surface area (Å²) in [4.78, 5) is 6.98. The Morgan fingerprint density at radius 1 is 1.17 bits per heavy atom. The van der Waals surface area contributed by atoms with Crippen molar-refractivity contribution in [3.8, 4) is 0 Å². The van der Waals surface area contributed by atoms with E-state index < -0.39 is 0 Å². The quantitative estimate of drug-likeness (QED) is 0.813. The van der Waals surface area contributed by atoms with E-state index in [-0.39, 0.29) is 0 Å². The van der Waals surface area contributed by atoms with Gasteiger partial charge in [0.05, 0.1) is 6.20 Å². The van der Waals surface area contributed by atoms with E-state index in [1.165, 1.54) is 19.3 Å². The molecule has 2 aromatic heterocycles. The lowest BCUT2D eigenvalue weighted by atomic mass is 10.1. The first kappa shape index (κ1) is 10.3. The van der Waals surface area contributed by atoms with Crippen LogP contribution in [0.15, 0.2) is 24.7 Å². The maximum absolute atomic E-state index is 4.57. The predicted octanol–water partition coefficient (Wildman–Crippen LogP) is 1.06. The van der Waals surface area contributed by atoms with E-state index in [0.717, 1.165) is 24.4 Å². The molecule has 4 rings (SSSR count). The summed E-state index contributed by atoms with van der Waals surface area (Å²) in [5.41, 5.74) is 1.11. The zero-order valence-corrected chi connectivity index (χ0v) is 10.3. The van der Waals surface area contributed by atoms with Gasteiger partial charge < -0.3 is 10.2 Å². The van der Waals surface area contributed by atoms with Crippen LogP contribution in [0.2, 0.25) is 0 Å². The van der Waals surface area contributed by atoms with E-state index in [1.807, 2.05) is 29.2 Å². The first-order valence-corrected chi connectivity index (χ1v) is 6.69. The molecule has 0 aromatic carbocycles. The van der Waals surface area contributed by atoms with Gasteiger partial charge in [-0.2, -0.15) is 5.10 Å². The Morgan fingerprint density at radius 3 is 3.11 bits per heavy atom. The Labute approximate surface area is 106 Å². The molecule has 0 saturated carbocycles. The topological polar surface area (TPSA) is 45.5 Å². The second-order valence-electron chi connectivity index (χ2n) is 5.28. The molecule has 2 fully saturated rings. The van der Waals surface area contributed by atoms with Crippen molar-refractivity contribution in [2.24, 2.45) is 0 Å². The van der Waals surface area contributed by atoms with Crippen molar-refractivity contribution >= 4 is 11.3 Å². The molecule has 1 N–H and O–H groups in total. The summed E-state index contributed by atoms with van der Waals surface area (Å²) in [6.45, 7) is 2.15. The third kappa shape index (κ3) is 1.58. The second-order valence-corrected chi connectivity index (χ2v) is 5.28. The zero-order valence-electron chi connectivity index (χ0n) is 10.3. The maximum atomic E-state index is 4.57. The summed E-state index contributed by atoms with van der Waals surface area (Å²) < 4.78 is 1.90. The minimum absolute atomic E-state index is 0.627. The van der Waals surface area contributed by atoms with Gasteiger partial charge in [0, 0.05) is 37.6 Å². The van der Waals surface area contributed by atoms with E-state index in [0.29, 0.717) is 12.1 Å². The summed E-state index contributed by atoms with van der Waals surface area (Å²) in [6, 6.07) is 3.38. The Bertz CT molecular complexity index is 563. The fourth-order valence-corrected chi connectivity index (χ4v) is 3.22. The smallest absolute Gasteiger partial charge is 0.154 e. The fourth-order valence-electron chi connectivity index (χ4n) is 3.22. The van der Waals surface area contributed by atoms with E-state index in [9.17, 15) is 0 Å². The van der Waals surface area contributed by atoms with Gasteiger partial charge in [0.2, 0.25) is 0 Å². The maximum Gasteiger partial charge on any atom is 0.154 e. The fraction of sp³-hybridized carbons (Fsp3) is 0.538. The molecule has 18 heavy (non-hydrogen) atoms. The van der Waals surface area contributed by atoms with Crippen LogP contribution in [-0.2, 0) is 0 Å². The van der Waals surface area contributed by atoms with Crippen LogP contribution in [0.1, 0.15) is 19.3 Å². The summed E-state index contributed by atoms with van der Waals surface area (Å²) >= 11 is 0. The van der Waals surface area contributed by atoms with Gasteiger partial charge in [-0.3, -0.25) is 0 Å². The minimum atomic E-state index is 0.627. The van der Waals surface area contributed by atoms with Crippen LogP contribution < -0.4 is 10.2 Å². The Hall–Kier alpha value is -1.62. The molecular formula is C13H17N5. The number of fused-ring (bicyclic) bond motifs is 3. The molecule has 2 bridgehead atoms. The summed E-state index contributed by atoms with van der Waals surface area (Å²) in [5.74, 6) is 1.07. The van der Waals surface area contributed by atoms with Crippen LogP contribution in [0.4, 0.5) is 5.82 Å².